The van der Waals surface area contributed by atoms with Crippen LogP contribution in [0.4, 0.5) is 39.5 Å². The summed E-state index contributed by atoms with van der Waals surface area (Å²) in [6, 6.07) is 0. The van der Waals surface area contributed by atoms with Gasteiger partial charge in [0.1, 0.15) is 0 Å². The molecule has 0 aliphatic rings. The van der Waals surface area contributed by atoms with Gasteiger partial charge in [0.2, 0.25) is 0 Å². The second-order valence-electron chi connectivity index (χ2n) is 3.02. The zero-order chi connectivity index (χ0) is 14.5. The molecule has 0 saturated heterocycles. The number of rotatable bonds is 1. The number of hydrogen-bond acceptors (Lipinski definition) is 0. The van der Waals surface area contributed by atoms with E-state index in [1.807, 2.05) is 15.9 Å². The summed E-state index contributed by atoms with van der Waals surface area (Å²) in [5.41, 5.74) is -2.65. The Kier molecular flexibility index (Phi) is 3.63. The zero-order valence-electron chi connectivity index (χ0n) is 7.78. The Bertz CT molecular complexity index is 461. The van der Waals surface area contributed by atoms with Gasteiger partial charge in [-0.15, -0.1) is 0 Å². The van der Waals surface area contributed by atoms with Crippen molar-refractivity contribution < 1.29 is 39.5 Å². The minimum absolute atomic E-state index is 1.83. The molecule has 0 spiro atoms. The van der Waals surface area contributed by atoms with Crippen molar-refractivity contribution in [3.63, 3.8) is 0 Å². The summed E-state index contributed by atoms with van der Waals surface area (Å²) < 4.78 is 111. The Morgan fingerprint density at radius 3 is 1.44 bits per heavy atom. The van der Waals surface area contributed by atoms with E-state index in [1.165, 1.54) is 0 Å². The molecule has 0 amide bonds. The fraction of sp³-hybridized carbons (Fsp3) is 0.250. The van der Waals surface area contributed by atoms with Crippen molar-refractivity contribution >= 4 is 15.9 Å². The quantitative estimate of drug-likeness (QED) is 0.394. The lowest BCUT2D eigenvalue weighted by Crippen LogP contribution is -2.35. The second kappa shape index (κ2) is 4.32. The molecular formula is C8BrF9. The van der Waals surface area contributed by atoms with Crippen molar-refractivity contribution in [1.82, 2.24) is 0 Å². The minimum atomic E-state index is -6.30. The molecule has 0 heterocycles. The third kappa shape index (κ3) is 2.06. The van der Waals surface area contributed by atoms with Crippen molar-refractivity contribution in [2.45, 2.75) is 12.1 Å². The van der Waals surface area contributed by atoms with Crippen molar-refractivity contribution in [3.05, 3.63) is 33.3 Å². The van der Waals surface area contributed by atoms with Crippen LogP contribution in [0, 0.1) is 23.3 Å². The lowest BCUT2D eigenvalue weighted by molar-refractivity contribution is -0.290. The molecule has 18 heavy (non-hydrogen) atoms. The zero-order valence-corrected chi connectivity index (χ0v) is 9.37. The highest BCUT2D eigenvalue weighted by Gasteiger charge is 2.61. The van der Waals surface area contributed by atoms with Crippen molar-refractivity contribution in [1.29, 1.82) is 0 Å². The summed E-state index contributed by atoms with van der Waals surface area (Å²) in [4.78, 5) is 0. The molecule has 0 aromatic heterocycles. The molecule has 0 aliphatic heterocycles. The molecule has 0 radical (unpaired) electrons. The molecule has 1 aromatic rings. The maximum Gasteiger partial charge on any atom is 0.458 e. The fourth-order valence-corrected chi connectivity index (χ4v) is 1.62. The van der Waals surface area contributed by atoms with Crippen LogP contribution in [-0.4, -0.2) is 6.18 Å². The van der Waals surface area contributed by atoms with Crippen LogP contribution in [0.3, 0.4) is 0 Å². The second-order valence-corrected chi connectivity index (χ2v) is 3.81. The first-order valence-corrected chi connectivity index (χ1v) is 4.68. The van der Waals surface area contributed by atoms with Crippen LogP contribution in [0.1, 0.15) is 5.56 Å². The minimum Gasteiger partial charge on any atom is -0.203 e. The lowest BCUT2D eigenvalue weighted by atomic mass is 10.1. The van der Waals surface area contributed by atoms with E-state index in [2.05, 4.69) is 0 Å². The first kappa shape index (κ1) is 15.1. The van der Waals surface area contributed by atoms with Crippen LogP contribution in [0.15, 0.2) is 4.47 Å². The summed E-state index contributed by atoms with van der Waals surface area (Å²) in [5, 5.41) is 0. The highest BCUT2D eigenvalue weighted by atomic mass is 79.9. The van der Waals surface area contributed by atoms with Crippen LogP contribution in [-0.2, 0) is 5.92 Å². The highest BCUT2D eigenvalue weighted by Crippen LogP contribution is 2.48. The molecule has 1 rings (SSSR count). The summed E-state index contributed by atoms with van der Waals surface area (Å²) in [5.74, 6) is -16.3. The van der Waals surface area contributed by atoms with E-state index in [-0.39, 0.29) is 0 Å². The van der Waals surface area contributed by atoms with Crippen LogP contribution >= 0.6 is 15.9 Å². The molecule has 0 nitrogen and oxygen atoms in total. The van der Waals surface area contributed by atoms with Gasteiger partial charge in [-0.05, 0) is 15.9 Å². The Hall–Kier alpha value is -0.930. The van der Waals surface area contributed by atoms with E-state index in [9.17, 15) is 39.5 Å². The summed E-state index contributed by atoms with van der Waals surface area (Å²) >= 11 is 1.84. The molecule has 102 valence electrons. The van der Waals surface area contributed by atoms with E-state index in [1.54, 1.807) is 0 Å². The predicted octanol–water partition coefficient (Wildman–Crippen LogP) is 4.66. The monoisotopic (exact) mass is 346 g/mol. The van der Waals surface area contributed by atoms with Gasteiger partial charge >= 0.3 is 12.1 Å². The van der Waals surface area contributed by atoms with Gasteiger partial charge in [0.05, 0.1) is 10.0 Å². The summed E-state index contributed by atoms with van der Waals surface area (Å²) in [7, 11) is 0. The fourth-order valence-electron chi connectivity index (χ4n) is 1.02. The Morgan fingerprint density at radius 2 is 1.06 bits per heavy atom. The standard InChI is InChI=1S/C8BrF9/c9-2-1(7(14,15)8(16,17)18)3(10)5(12)6(13)4(2)11. The molecule has 1 aromatic carbocycles. The number of hydrogen-bond donors (Lipinski definition) is 0. The normalized spacial score (nSPS) is 13.0. The topological polar surface area (TPSA) is 0 Å². The third-order valence-electron chi connectivity index (χ3n) is 1.88. The van der Waals surface area contributed by atoms with Gasteiger partial charge in [-0.1, -0.05) is 0 Å². The molecule has 0 saturated carbocycles. The Balaban J connectivity index is 3.72. The van der Waals surface area contributed by atoms with Crippen molar-refractivity contribution in [3.8, 4) is 0 Å². The van der Waals surface area contributed by atoms with Crippen LogP contribution in [0.25, 0.3) is 0 Å². The predicted molar refractivity (Wildman–Crippen MR) is 43.9 cm³/mol. The lowest BCUT2D eigenvalue weighted by Gasteiger charge is -2.22. The molecule has 0 fully saturated rings. The molecule has 0 aliphatic carbocycles. The van der Waals surface area contributed by atoms with Crippen molar-refractivity contribution in [2.24, 2.45) is 0 Å². The third-order valence-corrected chi connectivity index (χ3v) is 2.62. The Morgan fingerprint density at radius 1 is 0.667 bits per heavy atom. The smallest absolute Gasteiger partial charge is 0.203 e. The van der Waals surface area contributed by atoms with Crippen LogP contribution in [0.5, 0.6) is 0 Å². The first-order chi connectivity index (χ1) is 7.93. The maximum atomic E-state index is 12.9. The van der Waals surface area contributed by atoms with Gasteiger partial charge < -0.3 is 0 Å². The summed E-state index contributed by atoms with van der Waals surface area (Å²) in [6.07, 6.45) is -6.30. The van der Waals surface area contributed by atoms with E-state index in [0.29, 0.717) is 0 Å². The van der Waals surface area contributed by atoms with E-state index < -0.39 is 45.4 Å². The molecule has 10 heteroatoms. The highest BCUT2D eigenvalue weighted by molar-refractivity contribution is 9.10. The van der Waals surface area contributed by atoms with Crippen LogP contribution in [0.2, 0.25) is 0 Å². The van der Waals surface area contributed by atoms with Crippen molar-refractivity contribution in [2.75, 3.05) is 0 Å². The first-order valence-electron chi connectivity index (χ1n) is 3.89. The van der Waals surface area contributed by atoms with Gasteiger partial charge in [0, 0.05) is 0 Å². The number of alkyl halides is 5. The molecule has 0 atom stereocenters. The van der Waals surface area contributed by atoms with Gasteiger partial charge in [-0.3, -0.25) is 0 Å². The van der Waals surface area contributed by atoms with Gasteiger partial charge in [0.25, 0.3) is 0 Å². The Labute approximate surface area is 102 Å². The molecule has 0 unspecified atom stereocenters. The SMILES string of the molecule is Fc1c(F)c(F)c(C(F)(F)C(F)(F)F)c(Br)c1F. The molecule has 0 N–H and O–H groups in total. The van der Waals surface area contributed by atoms with E-state index in [4.69, 9.17) is 0 Å². The molecule has 0 bridgehead atoms. The van der Waals surface area contributed by atoms with E-state index in [0.717, 1.165) is 0 Å². The average Bonchev–Trinajstić information content (AvgIpc) is 2.22. The largest absolute Gasteiger partial charge is 0.458 e. The van der Waals surface area contributed by atoms with Gasteiger partial charge in [0.15, 0.2) is 23.3 Å². The van der Waals surface area contributed by atoms with Gasteiger partial charge in [-0.2, -0.15) is 22.0 Å². The van der Waals surface area contributed by atoms with Gasteiger partial charge in [-0.25, -0.2) is 17.6 Å². The molecular weight excluding hydrogens is 347 g/mol. The maximum absolute atomic E-state index is 12.9. The summed E-state index contributed by atoms with van der Waals surface area (Å²) in [6.45, 7) is 0. The average molecular weight is 347 g/mol. The van der Waals surface area contributed by atoms with E-state index >= 15 is 0 Å². The number of halogens is 10. The number of benzene rings is 1. The van der Waals surface area contributed by atoms with Crippen LogP contribution < -0.4 is 0 Å².